The van der Waals surface area contributed by atoms with E-state index in [-0.39, 0.29) is 11.8 Å². The highest BCUT2D eigenvalue weighted by atomic mass is 16.5. The van der Waals surface area contributed by atoms with Crippen molar-refractivity contribution in [2.75, 3.05) is 19.8 Å². The van der Waals surface area contributed by atoms with Crippen molar-refractivity contribution in [1.29, 1.82) is 0 Å². The van der Waals surface area contributed by atoms with E-state index in [0.29, 0.717) is 26.2 Å². The molecule has 4 nitrogen and oxygen atoms in total. The van der Waals surface area contributed by atoms with Crippen LogP contribution in [0.2, 0.25) is 0 Å². The molecule has 0 saturated carbocycles. The summed E-state index contributed by atoms with van der Waals surface area (Å²) < 4.78 is 5.23. The van der Waals surface area contributed by atoms with Gasteiger partial charge < -0.3 is 14.8 Å². The molecule has 0 heterocycles. The van der Waals surface area contributed by atoms with Crippen LogP contribution in [0.15, 0.2) is 0 Å². The minimum Gasteiger partial charge on any atom is -0.380 e. The summed E-state index contributed by atoms with van der Waals surface area (Å²) in [7, 11) is 0. The first-order valence-electron chi connectivity index (χ1n) is 5.51. The van der Waals surface area contributed by atoms with E-state index < -0.39 is 0 Å². The van der Waals surface area contributed by atoms with E-state index in [0.717, 1.165) is 19.1 Å². The molecule has 1 unspecified atom stereocenters. The second-order valence-corrected chi connectivity index (χ2v) is 3.52. The summed E-state index contributed by atoms with van der Waals surface area (Å²) in [6, 6.07) is 0. The summed E-state index contributed by atoms with van der Waals surface area (Å²) in [6.07, 6.45) is 3.03. The van der Waals surface area contributed by atoms with Gasteiger partial charge in [-0.2, -0.15) is 0 Å². The number of amides is 1. The van der Waals surface area contributed by atoms with Crippen LogP contribution in [0.1, 0.15) is 33.1 Å². The number of aldehydes is 1. The lowest BCUT2D eigenvalue weighted by Gasteiger charge is -2.09. The number of hydrogen-bond donors (Lipinski definition) is 1. The number of rotatable bonds is 9. The Morgan fingerprint density at radius 1 is 1.47 bits per heavy atom. The van der Waals surface area contributed by atoms with Crippen molar-refractivity contribution in [3.8, 4) is 0 Å². The van der Waals surface area contributed by atoms with Crippen LogP contribution in [0.25, 0.3) is 0 Å². The van der Waals surface area contributed by atoms with Crippen LogP contribution in [-0.4, -0.2) is 32.0 Å². The third-order valence-corrected chi connectivity index (χ3v) is 2.22. The van der Waals surface area contributed by atoms with E-state index in [9.17, 15) is 9.59 Å². The van der Waals surface area contributed by atoms with Crippen molar-refractivity contribution in [3.05, 3.63) is 0 Å². The van der Waals surface area contributed by atoms with Gasteiger partial charge in [-0.25, -0.2) is 0 Å². The maximum atomic E-state index is 11.3. The van der Waals surface area contributed by atoms with Gasteiger partial charge in [-0.15, -0.1) is 0 Å². The van der Waals surface area contributed by atoms with E-state index in [1.807, 2.05) is 13.8 Å². The number of hydrogen-bond acceptors (Lipinski definition) is 3. The zero-order valence-electron chi connectivity index (χ0n) is 9.62. The molecule has 0 aromatic carbocycles. The zero-order valence-corrected chi connectivity index (χ0v) is 9.62. The number of nitrogens with one attached hydrogen (secondary N) is 1. The Hall–Kier alpha value is -0.900. The lowest BCUT2D eigenvalue weighted by atomic mass is 10.1. The molecule has 15 heavy (non-hydrogen) atoms. The summed E-state index contributed by atoms with van der Waals surface area (Å²) >= 11 is 0. The maximum Gasteiger partial charge on any atom is 0.222 e. The predicted octanol–water partition coefficient (Wildman–Crippen LogP) is 1.14. The molecule has 0 aliphatic rings. The van der Waals surface area contributed by atoms with Crippen molar-refractivity contribution in [2.24, 2.45) is 5.92 Å². The normalized spacial score (nSPS) is 12.1. The Labute approximate surface area is 91.4 Å². The average Bonchev–Trinajstić information content (AvgIpc) is 2.26. The monoisotopic (exact) mass is 215 g/mol. The van der Waals surface area contributed by atoms with E-state index >= 15 is 0 Å². The van der Waals surface area contributed by atoms with Gasteiger partial charge in [-0.1, -0.05) is 13.8 Å². The molecule has 88 valence electrons. The van der Waals surface area contributed by atoms with E-state index in [4.69, 9.17) is 4.74 Å². The number of carbonyl (C=O) groups excluding carboxylic acids is 2. The average molecular weight is 215 g/mol. The Bertz CT molecular complexity index is 183. The van der Waals surface area contributed by atoms with Crippen LogP contribution in [0.5, 0.6) is 0 Å². The van der Waals surface area contributed by atoms with Crippen LogP contribution in [-0.2, 0) is 14.3 Å². The number of carbonyl (C=O) groups is 2. The summed E-state index contributed by atoms with van der Waals surface area (Å²) in [5.74, 6) is 0.147. The van der Waals surface area contributed by atoms with Gasteiger partial charge in [0.1, 0.15) is 6.29 Å². The van der Waals surface area contributed by atoms with Crippen molar-refractivity contribution < 1.29 is 14.3 Å². The molecule has 0 aliphatic heterocycles. The highest BCUT2D eigenvalue weighted by molar-refractivity contribution is 5.78. The minimum absolute atomic E-state index is 0.0695. The second-order valence-electron chi connectivity index (χ2n) is 3.52. The van der Waals surface area contributed by atoms with Crippen molar-refractivity contribution in [1.82, 2.24) is 5.32 Å². The summed E-state index contributed by atoms with van der Waals surface area (Å²) in [6.45, 7) is 5.53. The van der Waals surface area contributed by atoms with Gasteiger partial charge in [-0.05, 0) is 12.8 Å². The Morgan fingerprint density at radius 3 is 2.80 bits per heavy atom. The van der Waals surface area contributed by atoms with Crippen LogP contribution >= 0.6 is 0 Å². The van der Waals surface area contributed by atoms with Gasteiger partial charge in [0.15, 0.2) is 0 Å². The predicted molar refractivity (Wildman–Crippen MR) is 58.6 cm³/mol. The molecular weight excluding hydrogens is 194 g/mol. The molecule has 1 atom stereocenters. The van der Waals surface area contributed by atoms with Crippen LogP contribution in [0, 0.1) is 5.92 Å². The first kappa shape index (κ1) is 14.1. The molecular formula is C11H21NO3. The molecule has 0 aromatic rings. The third kappa shape index (κ3) is 8.12. The molecule has 4 heteroatoms. The molecule has 0 spiro atoms. The van der Waals surface area contributed by atoms with Gasteiger partial charge in [0.05, 0.1) is 6.61 Å². The van der Waals surface area contributed by atoms with E-state index in [1.54, 1.807) is 0 Å². The SMILES string of the molecule is CCC(C)C(=O)NCCOCCCC=O. The van der Waals surface area contributed by atoms with E-state index in [1.165, 1.54) is 0 Å². The van der Waals surface area contributed by atoms with Gasteiger partial charge in [-0.3, -0.25) is 4.79 Å². The summed E-state index contributed by atoms with van der Waals surface area (Å²) in [5, 5.41) is 2.79. The van der Waals surface area contributed by atoms with Gasteiger partial charge >= 0.3 is 0 Å². The molecule has 0 aliphatic carbocycles. The van der Waals surface area contributed by atoms with Crippen molar-refractivity contribution in [2.45, 2.75) is 33.1 Å². The standard InChI is InChI=1S/C11H21NO3/c1-3-10(2)11(14)12-6-9-15-8-5-4-7-13/h7,10H,3-6,8-9H2,1-2H3,(H,12,14). The van der Waals surface area contributed by atoms with Crippen LogP contribution in [0.3, 0.4) is 0 Å². The molecule has 1 amide bonds. The lowest BCUT2D eigenvalue weighted by molar-refractivity contribution is -0.124. The van der Waals surface area contributed by atoms with Gasteiger partial charge in [0.25, 0.3) is 0 Å². The summed E-state index contributed by atoms with van der Waals surface area (Å²) in [4.78, 5) is 21.3. The van der Waals surface area contributed by atoms with Crippen LogP contribution in [0.4, 0.5) is 0 Å². The first-order chi connectivity index (χ1) is 7.22. The molecule has 0 aromatic heterocycles. The Morgan fingerprint density at radius 2 is 2.20 bits per heavy atom. The van der Waals surface area contributed by atoms with Crippen LogP contribution < -0.4 is 5.32 Å². The highest BCUT2D eigenvalue weighted by Gasteiger charge is 2.08. The Balaban J connectivity index is 3.23. The molecule has 1 N–H and O–H groups in total. The second kappa shape index (κ2) is 9.65. The van der Waals surface area contributed by atoms with Gasteiger partial charge in [0.2, 0.25) is 5.91 Å². The molecule has 0 rings (SSSR count). The quantitative estimate of drug-likeness (QED) is 0.463. The van der Waals surface area contributed by atoms with E-state index in [2.05, 4.69) is 5.32 Å². The smallest absolute Gasteiger partial charge is 0.222 e. The largest absolute Gasteiger partial charge is 0.380 e. The number of ether oxygens (including phenoxy) is 1. The fourth-order valence-electron chi connectivity index (χ4n) is 0.977. The maximum absolute atomic E-state index is 11.3. The fourth-order valence-corrected chi connectivity index (χ4v) is 0.977. The molecule has 0 fully saturated rings. The molecule has 0 saturated heterocycles. The molecule has 0 radical (unpaired) electrons. The van der Waals surface area contributed by atoms with Crippen molar-refractivity contribution >= 4 is 12.2 Å². The molecule has 0 bridgehead atoms. The van der Waals surface area contributed by atoms with Gasteiger partial charge in [0, 0.05) is 25.5 Å². The fraction of sp³-hybridized carbons (Fsp3) is 0.818. The third-order valence-electron chi connectivity index (χ3n) is 2.22. The lowest BCUT2D eigenvalue weighted by Crippen LogP contribution is -2.31. The summed E-state index contributed by atoms with van der Waals surface area (Å²) in [5.41, 5.74) is 0. The Kier molecular flexibility index (Phi) is 9.07. The topological polar surface area (TPSA) is 55.4 Å². The zero-order chi connectivity index (χ0) is 11.5. The van der Waals surface area contributed by atoms with Crippen molar-refractivity contribution in [3.63, 3.8) is 0 Å². The number of unbranched alkanes of at least 4 members (excludes halogenated alkanes) is 1. The highest BCUT2D eigenvalue weighted by Crippen LogP contribution is 1.98. The first-order valence-corrected chi connectivity index (χ1v) is 5.51. The minimum atomic E-state index is 0.0695.